The molecule has 2 unspecified atom stereocenters. The molecule has 3 nitrogen and oxygen atoms in total. The van der Waals surface area contributed by atoms with E-state index in [0.717, 1.165) is 19.0 Å². The third-order valence-electron chi connectivity index (χ3n) is 5.10. The van der Waals surface area contributed by atoms with Crippen molar-refractivity contribution in [2.45, 2.75) is 51.7 Å². The molecular formula is C17H27N3. The van der Waals surface area contributed by atoms with Gasteiger partial charge >= 0.3 is 0 Å². The van der Waals surface area contributed by atoms with Crippen LogP contribution in [0.3, 0.4) is 0 Å². The predicted molar refractivity (Wildman–Crippen MR) is 82.4 cm³/mol. The molecule has 1 aromatic rings. The topological polar surface area (TPSA) is 28.2 Å². The van der Waals surface area contributed by atoms with Gasteiger partial charge in [-0.15, -0.1) is 0 Å². The van der Waals surface area contributed by atoms with E-state index in [2.05, 4.69) is 48.1 Å². The molecule has 1 aliphatic heterocycles. The normalized spacial score (nSPS) is 31.7. The Morgan fingerprint density at radius 3 is 2.65 bits per heavy atom. The Bertz CT molecular complexity index is 441. The molecule has 0 bridgehead atoms. The van der Waals surface area contributed by atoms with Crippen molar-refractivity contribution in [2.75, 3.05) is 13.1 Å². The predicted octanol–water partition coefficient (Wildman–Crippen LogP) is 2.68. The molecule has 2 heterocycles. The van der Waals surface area contributed by atoms with E-state index in [9.17, 15) is 0 Å². The van der Waals surface area contributed by atoms with Gasteiger partial charge in [0.1, 0.15) is 0 Å². The van der Waals surface area contributed by atoms with Crippen LogP contribution >= 0.6 is 0 Å². The van der Waals surface area contributed by atoms with Gasteiger partial charge in [0, 0.05) is 43.6 Å². The van der Waals surface area contributed by atoms with Crippen molar-refractivity contribution in [3.05, 3.63) is 30.1 Å². The maximum Gasteiger partial charge on any atom is 0.0309 e. The SMILES string of the molecule is CC(C)C1CNC(C)(C2CC2)CN1Cc1ccncc1. The van der Waals surface area contributed by atoms with Gasteiger partial charge < -0.3 is 5.32 Å². The lowest BCUT2D eigenvalue weighted by Gasteiger charge is -2.48. The summed E-state index contributed by atoms with van der Waals surface area (Å²) in [5.41, 5.74) is 1.70. The fourth-order valence-corrected chi connectivity index (χ4v) is 3.61. The zero-order chi connectivity index (χ0) is 14.2. The second-order valence-corrected chi connectivity index (χ2v) is 7.14. The molecule has 110 valence electrons. The summed E-state index contributed by atoms with van der Waals surface area (Å²) in [6, 6.07) is 4.93. The van der Waals surface area contributed by atoms with E-state index in [1.54, 1.807) is 0 Å². The summed E-state index contributed by atoms with van der Waals surface area (Å²) in [7, 11) is 0. The smallest absolute Gasteiger partial charge is 0.0309 e. The molecule has 1 saturated carbocycles. The number of rotatable bonds is 4. The van der Waals surface area contributed by atoms with Crippen molar-refractivity contribution < 1.29 is 0 Å². The number of piperazine rings is 1. The third-order valence-corrected chi connectivity index (χ3v) is 5.10. The first-order valence-corrected chi connectivity index (χ1v) is 7.96. The second-order valence-electron chi connectivity index (χ2n) is 7.14. The molecule has 2 fully saturated rings. The first kappa shape index (κ1) is 14.0. The molecular weight excluding hydrogens is 246 g/mol. The van der Waals surface area contributed by atoms with Crippen LogP contribution in [0.2, 0.25) is 0 Å². The summed E-state index contributed by atoms with van der Waals surface area (Å²) in [6.45, 7) is 10.4. The Hall–Kier alpha value is -0.930. The lowest BCUT2D eigenvalue weighted by atomic mass is 9.88. The quantitative estimate of drug-likeness (QED) is 0.914. The molecule has 20 heavy (non-hydrogen) atoms. The van der Waals surface area contributed by atoms with Crippen molar-refractivity contribution in [1.82, 2.24) is 15.2 Å². The van der Waals surface area contributed by atoms with Gasteiger partial charge in [0.05, 0.1) is 0 Å². The Kier molecular flexibility index (Phi) is 3.83. The molecule has 0 spiro atoms. The molecule has 2 aliphatic rings. The molecule has 2 atom stereocenters. The Morgan fingerprint density at radius 1 is 1.35 bits per heavy atom. The lowest BCUT2D eigenvalue weighted by Crippen LogP contribution is -2.64. The van der Waals surface area contributed by atoms with E-state index in [-0.39, 0.29) is 0 Å². The van der Waals surface area contributed by atoms with Crippen LogP contribution in [-0.4, -0.2) is 34.6 Å². The fourth-order valence-electron chi connectivity index (χ4n) is 3.61. The molecule has 0 amide bonds. The lowest BCUT2D eigenvalue weighted by molar-refractivity contribution is 0.0462. The molecule has 1 aromatic heterocycles. The van der Waals surface area contributed by atoms with Crippen LogP contribution in [0.5, 0.6) is 0 Å². The summed E-state index contributed by atoms with van der Waals surface area (Å²) in [4.78, 5) is 6.82. The number of pyridine rings is 1. The number of aromatic nitrogens is 1. The van der Waals surface area contributed by atoms with Gasteiger partial charge in [-0.2, -0.15) is 0 Å². The van der Waals surface area contributed by atoms with E-state index in [1.807, 2.05) is 12.4 Å². The fraction of sp³-hybridized carbons (Fsp3) is 0.706. The summed E-state index contributed by atoms with van der Waals surface area (Å²) in [6.07, 6.45) is 6.61. The van der Waals surface area contributed by atoms with Crippen LogP contribution in [0, 0.1) is 11.8 Å². The number of nitrogens with zero attached hydrogens (tertiary/aromatic N) is 2. The van der Waals surface area contributed by atoms with Gasteiger partial charge in [-0.25, -0.2) is 0 Å². The highest BCUT2D eigenvalue weighted by Gasteiger charge is 2.46. The summed E-state index contributed by atoms with van der Waals surface area (Å²) < 4.78 is 0. The number of hydrogen-bond acceptors (Lipinski definition) is 3. The molecule has 0 aromatic carbocycles. The van der Waals surface area contributed by atoms with Crippen molar-refractivity contribution in [2.24, 2.45) is 11.8 Å². The van der Waals surface area contributed by atoms with Crippen LogP contribution in [0.15, 0.2) is 24.5 Å². The minimum atomic E-state index is 0.318. The summed E-state index contributed by atoms with van der Waals surface area (Å²) >= 11 is 0. The highest BCUT2D eigenvalue weighted by molar-refractivity contribution is 5.12. The Morgan fingerprint density at radius 2 is 2.05 bits per heavy atom. The van der Waals surface area contributed by atoms with Gasteiger partial charge in [-0.3, -0.25) is 9.88 Å². The minimum absolute atomic E-state index is 0.318. The van der Waals surface area contributed by atoms with Crippen molar-refractivity contribution in [1.29, 1.82) is 0 Å². The second kappa shape index (κ2) is 5.45. The van der Waals surface area contributed by atoms with E-state index in [4.69, 9.17) is 0 Å². The van der Waals surface area contributed by atoms with Crippen LogP contribution in [0.1, 0.15) is 39.2 Å². The highest BCUT2D eigenvalue weighted by Crippen LogP contribution is 2.42. The van der Waals surface area contributed by atoms with E-state index >= 15 is 0 Å². The van der Waals surface area contributed by atoms with Gasteiger partial charge in [0.2, 0.25) is 0 Å². The standard InChI is InChI=1S/C17H27N3/c1-13(2)16-10-19-17(3,15-4-5-15)12-20(16)11-14-6-8-18-9-7-14/h6-9,13,15-16,19H,4-5,10-12H2,1-3H3. The maximum absolute atomic E-state index is 4.13. The van der Waals surface area contributed by atoms with Crippen molar-refractivity contribution in [3.63, 3.8) is 0 Å². The molecule has 3 rings (SSSR count). The average molecular weight is 273 g/mol. The first-order valence-electron chi connectivity index (χ1n) is 7.96. The van der Waals surface area contributed by atoms with Crippen LogP contribution in [0.25, 0.3) is 0 Å². The Balaban J connectivity index is 1.75. The van der Waals surface area contributed by atoms with E-state index < -0.39 is 0 Å². The Labute approximate surface area is 122 Å². The van der Waals surface area contributed by atoms with E-state index in [0.29, 0.717) is 17.5 Å². The first-order chi connectivity index (χ1) is 9.58. The summed E-state index contributed by atoms with van der Waals surface area (Å²) in [5.74, 6) is 1.57. The van der Waals surface area contributed by atoms with Crippen LogP contribution in [0.4, 0.5) is 0 Å². The monoisotopic (exact) mass is 273 g/mol. The molecule has 1 N–H and O–H groups in total. The average Bonchev–Trinajstić information content (AvgIpc) is 3.24. The number of hydrogen-bond donors (Lipinski definition) is 1. The van der Waals surface area contributed by atoms with Gasteiger partial charge in [0.15, 0.2) is 0 Å². The van der Waals surface area contributed by atoms with Crippen molar-refractivity contribution in [3.8, 4) is 0 Å². The largest absolute Gasteiger partial charge is 0.308 e. The zero-order valence-electron chi connectivity index (χ0n) is 13.0. The molecule has 1 saturated heterocycles. The molecule has 1 aliphatic carbocycles. The van der Waals surface area contributed by atoms with E-state index in [1.165, 1.54) is 24.9 Å². The zero-order valence-corrected chi connectivity index (χ0v) is 13.0. The van der Waals surface area contributed by atoms with Crippen molar-refractivity contribution >= 4 is 0 Å². The van der Waals surface area contributed by atoms with Crippen LogP contribution in [-0.2, 0) is 6.54 Å². The third kappa shape index (κ3) is 2.89. The minimum Gasteiger partial charge on any atom is -0.308 e. The maximum atomic E-state index is 4.13. The van der Waals surface area contributed by atoms with Gasteiger partial charge in [-0.05, 0) is 49.3 Å². The van der Waals surface area contributed by atoms with Crippen LogP contribution < -0.4 is 5.32 Å². The van der Waals surface area contributed by atoms with Gasteiger partial charge in [-0.1, -0.05) is 13.8 Å². The van der Waals surface area contributed by atoms with Gasteiger partial charge in [0.25, 0.3) is 0 Å². The highest BCUT2D eigenvalue weighted by atomic mass is 15.3. The summed E-state index contributed by atoms with van der Waals surface area (Å²) in [5, 5.41) is 3.85. The molecule has 0 radical (unpaired) electrons. The number of nitrogens with one attached hydrogen (secondary N) is 1. The molecule has 3 heteroatoms.